The minimum atomic E-state index is -0.328. The van der Waals surface area contributed by atoms with Crippen molar-refractivity contribution in [2.45, 2.75) is 19.5 Å². The number of rotatable bonds is 5. The van der Waals surface area contributed by atoms with Crippen LogP contribution in [-0.2, 0) is 13.6 Å². The Kier molecular flexibility index (Phi) is 4.86. The second-order valence-corrected chi connectivity index (χ2v) is 6.05. The van der Waals surface area contributed by atoms with Gasteiger partial charge in [0.2, 0.25) is 0 Å². The number of pyridine rings is 1. The number of methoxy groups -OCH3 is 1. The maximum Gasteiger partial charge on any atom is 0.255 e. The lowest BCUT2D eigenvalue weighted by atomic mass is 10.1. The van der Waals surface area contributed by atoms with Gasteiger partial charge in [-0.3, -0.25) is 4.79 Å². The topological polar surface area (TPSA) is 43.3 Å². The number of para-hydroxylation sites is 1. The Morgan fingerprint density at radius 3 is 2.72 bits per heavy atom. The van der Waals surface area contributed by atoms with E-state index in [9.17, 15) is 9.18 Å². The number of hydrogen-bond acceptors (Lipinski definition) is 3. The van der Waals surface area contributed by atoms with Crippen molar-refractivity contribution in [1.29, 1.82) is 0 Å². The molecule has 1 atom stereocenters. The predicted octanol–water partition coefficient (Wildman–Crippen LogP) is 3.54. The van der Waals surface area contributed by atoms with E-state index in [1.165, 1.54) is 13.2 Å². The van der Waals surface area contributed by atoms with Gasteiger partial charge in [0.05, 0.1) is 12.6 Å². The number of benzene rings is 2. The lowest BCUT2D eigenvalue weighted by Crippen LogP contribution is -2.27. The molecule has 1 unspecified atom stereocenters. The maximum atomic E-state index is 14.2. The fourth-order valence-corrected chi connectivity index (χ4v) is 3.10. The predicted molar refractivity (Wildman–Crippen MR) is 97.4 cm³/mol. The Hall–Kier alpha value is -2.66. The monoisotopic (exact) mass is 340 g/mol. The van der Waals surface area contributed by atoms with Gasteiger partial charge in [0.25, 0.3) is 5.56 Å². The average Bonchev–Trinajstić information content (AvgIpc) is 2.63. The number of aromatic nitrogens is 1. The minimum absolute atomic E-state index is 0.0566. The number of nitrogens with one attached hydrogen (secondary N) is 1. The van der Waals surface area contributed by atoms with E-state index in [4.69, 9.17) is 4.74 Å². The van der Waals surface area contributed by atoms with Gasteiger partial charge >= 0.3 is 0 Å². The summed E-state index contributed by atoms with van der Waals surface area (Å²) < 4.78 is 21.1. The number of halogens is 1. The molecule has 0 fully saturated rings. The Balaban J connectivity index is 1.88. The molecule has 0 saturated heterocycles. The van der Waals surface area contributed by atoms with Crippen LogP contribution in [0.25, 0.3) is 10.9 Å². The van der Waals surface area contributed by atoms with Crippen molar-refractivity contribution >= 4 is 10.9 Å². The van der Waals surface area contributed by atoms with E-state index in [1.807, 2.05) is 37.3 Å². The van der Waals surface area contributed by atoms with E-state index in [0.717, 1.165) is 10.9 Å². The Labute approximate surface area is 145 Å². The summed E-state index contributed by atoms with van der Waals surface area (Å²) in [6, 6.07) is 14.1. The van der Waals surface area contributed by atoms with E-state index in [0.29, 0.717) is 23.4 Å². The van der Waals surface area contributed by atoms with E-state index in [2.05, 4.69) is 5.32 Å². The van der Waals surface area contributed by atoms with Crippen LogP contribution in [0, 0.1) is 5.82 Å². The zero-order valence-corrected chi connectivity index (χ0v) is 14.5. The van der Waals surface area contributed by atoms with Gasteiger partial charge in [-0.25, -0.2) is 4.39 Å². The summed E-state index contributed by atoms with van der Waals surface area (Å²) in [5.74, 6) is 0.164. The Morgan fingerprint density at radius 1 is 1.20 bits per heavy atom. The molecule has 130 valence electrons. The highest BCUT2D eigenvalue weighted by Crippen LogP contribution is 2.27. The standard InChI is InChI=1S/C20H21FN2O2/c1-13(19-16(21)8-6-10-18(19)25-3)22-12-15-11-14-7-4-5-9-17(14)23(2)20(15)24/h4-11,13,22H,12H2,1-3H3. The number of fused-ring (bicyclic) bond motifs is 1. The molecule has 0 amide bonds. The van der Waals surface area contributed by atoms with Crippen molar-refractivity contribution in [3.63, 3.8) is 0 Å². The van der Waals surface area contributed by atoms with Gasteiger partial charge in [-0.15, -0.1) is 0 Å². The molecule has 3 rings (SSSR count). The number of aryl methyl sites for hydroxylation is 1. The van der Waals surface area contributed by atoms with E-state index in [1.54, 1.807) is 23.7 Å². The first-order valence-electron chi connectivity index (χ1n) is 8.16. The molecule has 5 heteroatoms. The third-order valence-electron chi connectivity index (χ3n) is 4.47. The molecule has 0 spiro atoms. The summed E-state index contributed by atoms with van der Waals surface area (Å²) in [6.07, 6.45) is 0. The van der Waals surface area contributed by atoms with Crippen LogP contribution >= 0.6 is 0 Å². The first-order valence-corrected chi connectivity index (χ1v) is 8.16. The highest BCUT2D eigenvalue weighted by atomic mass is 19.1. The number of hydrogen-bond donors (Lipinski definition) is 1. The van der Waals surface area contributed by atoms with Gasteiger partial charge in [-0.05, 0) is 36.6 Å². The van der Waals surface area contributed by atoms with E-state index >= 15 is 0 Å². The van der Waals surface area contributed by atoms with Crippen molar-refractivity contribution in [1.82, 2.24) is 9.88 Å². The SMILES string of the molecule is COc1cccc(F)c1C(C)NCc1cc2ccccc2n(C)c1=O. The van der Waals surface area contributed by atoms with Crippen LogP contribution in [0.1, 0.15) is 24.1 Å². The van der Waals surface area contributed by atoms with Crippen LogP contribution in [0.3, 0.4) is 0 Å². The van der Waals surface area contributed by atoms with Crippen molar-refractivity contribution in [3.8, 4) is 5.75 Å². The molecular formula is C20H21FN2O2. The lowest BCUT2D eigenvalue weighted by molar-refractivity contribution is 0.393. The van der Waals surface area contributed by atoms with Gasteiger partial charge in [-0.2, -0.15) is 0 Å². The zero-order chi connectivity index (χ0) is 18.0. The summed E-state index contributed by atoms with van der Waals surface area (Å²) in [4.78, 5) is 12.5. The third kappa shape index (κ3) is 3.28. The summed E-state index contributed by atoms with van der Waals surface area (Å²) in [5, 5.41) is 4.23. The van der Waals surface area contributed by atoms with Crippen LogP contribution < -0.4 is 15.6 Å². The highest BCUT2D eigenvalue weighted by Gasteiger charge is 2.17. The fraction of sp³-hybridized carbons (Fsp3) is 0.250. The van der Waals surface area contributed by atoms with Crippen LogP contribution in [-0.4, -0.2) is 11.7 Å². The molecular weight excluding hydrogens is 319 g/mol. The first-order chi connectivity index (χ1) is 12.0. The van der Waals surface area contributed by atoms with Crippen molar-refractivity contribution in [3.05, 3.63) is 75.8 Å². The van der Waals surface area contributed by atoms with Gasteiger partial charge < -0.3 is 14.6 Å². The molecule has 1 aromatic heterocycles. The molecule has 25 heavy (non-hydrogen) atoms. The second kappa shape index (κ2) is 7.07. The molecule has 3 aromatic rings. The van der Waals surface area contributed by atoms with Gasteiger partial charge in [-0.1, -0.05) is 24.3 Å². The third-order valence-corrected chi connectivity index (χ3v) is 4.47. The van der Waals surface area contributed by atoms with Crippen molar-refractivity contribution in [2.75, 3.05) is 7.11 Å². The van der Waals surface area contributed by atoms with Crippen molar-refractivity contribution in [2.24, 2.45) is 7.05 Å². The molecule has 4 nitrogen and oxygen atoms in total. The molecule has 0 aliphatic heterocycles. The first kappa shape index (κ1) is 17.2. The molecule has 1 N–H and O–H groups in total. The molecule has 0 saturated carbocycles. The van der Waals surface area contributed by atoms with Gasteiger partial charge in [0.15, 0.2) is 0 Å². The molecule has 1 heterocycles. The highest BCUT2D eigenvalue weighted by molar-refractivity contribution is 5.79. The Bertz CT molecular complexity index is 966. The normalized spacial score (nSPS) is 12.3. The molecule has 2 aromatic carbocycles. The van der Waals surface area contributed by atoms with Crippen molar-refractivity contribution < 1.29 is 9.13 Å². The second-order valence-electron chi connectivity index (χ2n) is 6.05. The smallest absolute Gasteiger partial charge is 0.255 e. The lowest BCUT2D eigenvalue weighted by Gasteiger charge is -2.18. The maximum absolute atomic E-state index is 14.2. The molecule has 0 bridgehead atoms. The number of nitrogens with zero attached hydrogens (tertiary/aromatic N) is 1. The summed E-state index contributed by atoms with van der Waals surface area (Å²) in [6.45, 7) is 2.20. The zero-order valence-electron chi connectivity index (χ0n) is 14.5. The summed E-state index contributed by atoms with van der Waals surface area (Å²) in [5.41, 5.74) is 1.94. The average molecular weight is 340 g/mol. The summed E-state index contributed by atoms with van der Waals surface area (Å²) in [7, 11) is 3.28. The quantitative estimate of drug-likeness (QED) is 0.773. The van der Waals surface area contributed by atoms with E-state index < -0.39 is 0 Å². The molecule has 0 aliphatic carbocycles. The van der Waals surface area contributed by atoms with Crippen LogP contribution in [0.15, 0.2) is 53.3 Å². The number of ether oxygens (including phenoxy) is 1. The largest absolute Gasteiger partial charge is 0.496 e. The molecule has 0 aliphatic rings. The fourth-order valence-electron chi connectivity index (χ4n) is 3.10. The van der Waals surface area contributed by atoms with Crippen LogP contribution in [0.5, 0.6) is 5.75 Å². The Morgan fingerprint density at radius 2 is 1.96 bits per heavy atom. The van der Waals surface area contributed by atoms with E-state index in [-0.39, 0.29) is 17.4 Å². The van der Waals surface area contributed by atoms with Crippen LogP contribution in [0.2, 0.25) is 0 Å². The van der Waals surface area contributed by atoms with Crippen LogP contribution in [0.4, 0.5) is 4.39 Å². The minimum Gasteiger partial charge on any atom is -0.496 e. The molecule has 0 radical (unpaired) electrons. The summed E-state index contributed by atoms with van der Waals surface area (Å²) >= 11 is 0. The van der Waals surface area contributed by atoms with Gasteiger partial charge in [0, 0.05) is 30.8 Å². The van der Waals surface area contributed by atoms with Gasteiger partial charge in [0.1, 0.15) is 11.6 Å².